The quantitative estimate of drug-likeness (QED) is 0.315. The van der Waals surface area contributed by atoms with Crippen LogP contribution in [-0.4, -0.2) is 29.4 Å². The standard InChI is InChI=1S/C21H12N6O4/c28-26(29)15-10-13(11-16(12-15)27(30)31)20-24-19-21(25(20)14-6-2-1-3-7-14)23-18-9-5-4-8-17(18)22-19/h1-12H. The first-order chi connectivity index (χ1) is 15.0. The van der Waals surface area contributed by atoms with Gasteiger partial charge in [0.15, 0.2) is 11.3 Å². The number of nitro benzene ring substituents is 2. The van der Waals surface area contributed by atoms with Crippen LogP contribution in [0.4, 0.5) is 11.4 Å². The fourth-order valence-corrected chi connectivity index (χ4v) is 3.41. The normalized spacial score (nSPS) is 11.1. The summed E-state index contributed by atoms with van der Waals surface area (Å²) in [6.45, 7) is 0. The average molecular weight is 412 g/mol. The molecule has 0 saturated heterocycles. The van der Waals surface area contributed by atoms with E-state index in [9.17, 15) is 20.2 Å². The minimum atomic E-state index is -0.670. The molecule has 0 atom stereocenters. The Kier molecular flexibility index (Phi) is 4.11. The van der Waals surface area contributed by atoms with Crippen LogP contribution in [0.3, 0.4) is 0 Å². The number of fused-ring (bicyclic) bond motifs is 2. The van der Waals surface area contributed by atoms with E-state index in [-0.39, 0.29) is 11.4 Å². The number of rotatable bonds is 4. The molecule has 0 radical (unpaired) electrons. The Bertz CT molecular complexity index is 1460. The van der Waals surface area contributed by atoms with Gasteiger partial charge in [0.1, 0.15) is 5.82 Å². The summed E-state index contributed by atoms with van der Waals surface area (Å²) >= 11 is 0. The van der Waals surface area contributed by atoms with Crippen LogP contribution in [0.1, 0.15) is 0 Å². The predicted molar refractivity (Wildman–Crippen MR) is 113 cm³/mol. The third-order valence-corrected chi connectivity index (χ3v) is 4.77. The van der Waals surface area contributed by atoms with Crippen molar-refractivity contribution in [1.82, 2.24) is 19.5 Å². The number of aromatic nitrogens is 4. The van der Waals surface area contributed by atoms with Crippen molar-refractivity contribution in [3.63, 3.8) is 0 Å². The molecule has 2 heterocycles. The highest BCUT2D eigenvalue weighted by molar-refractivity contribution is 5.86. The largest absolute Gasteiger partial charge is 0.277 e. The van der Waals surface area contributed by atoms with E-state index in [0.717, 1.165) is 6.07 Å². The summed E-state index contributed by atoms with van der Waals surface area (Å²) in [5.74, 6) is 0.267. The molecule has 150 valence electrons. The van der Waals surface area contributed by atoms with Crippen LogP contribution < -0.4 is 0 Å². The van der Waals surface area contributed by atoms with Gasteiger partial charge in [-0.25, -0.2) is 15.0 Å². The number of nitro groups is 2. The molecule has 2 aromatic heterocycles. The van der Waals surface area contributed by atoms with Crippen molar-refractivity contribution in [3.05, 3.63) is 93.0 Å². The van der Waals surface area contributed by atoms with Crippen LogP contribution >= 0.6 is 0 Å². The molecular weight excluding hydrogens is 400 g/mol. The van der Waals surface area contributed by atoms with E-state index in [2.05, 4.69) is 15.0 Å². The Balaban J connectivity index is 1.88. The highest BCUT2D eigenvalue weighted by atomic mass is 16.6. The van der Waals surface area contributed by atoms with E-state index in [1.807, 2.05) is 48.5 Å². The average Bonchev–Trinajstić information content (AvgIpc) is 3.16. The van der Waals surface area contributed by atoms with Crippen molar-refractivity contribution >= 4 is 33.7 Å². The molecule has 5 aromatic rings. The maximum atomic E-state index is 11.4. The number of benzene rings is 3. The lowest BCUT2D eigenvalue weighted by Gasteiger charge is -2.09. The van der Waals surface area contributed by atoms with Gasteiger partial charge in [0.25, 0.3) is 11.4 Å². The number of imidazole rings is 1. The molecule has 0 spiro atoms. The number of hydrogen-bond donors (Lipinski definition) is 0. The minimum absolute atomic E-state index is 0.216. The molecule has 0 aliphatic carbocycles. The topological polar surface area (TPSA) is 130 Å². The van der Waals surface area contributed by atoms with Crippen molar-refractivity contribution in [2.45, 2.75) is 0 Å². The number of nitrogens with zero attached hydrogens (tertiary/aromatic N) is 6. The second kappa shape index (κ2) is 6.95. The fourth-order valence-electron chi connectivity index (χ4n) is 3.41. The van der Waals surface area contributed by atoms with Crippen LogP contribution in [0.15, 0.2) is 72.8 Å². The van der Waals surface area contributed by atoms with Gasteiger partial charge in [-0.1, -0.05) is 30.3 Å². The van der Waals surface area contributed by atoms with Gasteiger partial charge in [0.05, 0.1) is 26.9 Å². The SMILES string of the molecule is O=[N+]([O-])c1cc(-c2nc3nc4ccccc4nc3n2-c2ccccc2)cc([N+](=O)[O-])c1. The second-order valence-corrected chi connectivity index (χ2v) is 6.72. The van der Waals surface area contributed by atoms with Crippen LogP contribution in [0.25, 0.3) is 39.4 Å². The number of non-ortho nitro benzene ring substituents is 2. The van der Waals surface area contributed by atoms with Gasteiger partial charge in [0.2, 0.25) is 0 Å². The molecule has 0 aliphatic heterocycles. The van der Waals surface area contributed by atoms with Crippen molar-refractivity contribution in [1.29, 1.82) is 0 Å². The third kappa shape index (κ3) is 3.12. The summed E-state index contributed by atoms with van der Waals surface area (Å²) < 4.78 is 1.69. The summed E-state index contributed by atoms with van der Waals surface area (Å²) in [6, 6.07) is 19.9. The first-order valence-corrected chi connectivity index (χ1v) is 9.16. The summed E-state index contributed by atoms with van der Waals surface area (Å²) in [5.41, 5.74) is 2.17. The Labute approximate surface area is 173 Å². The number of para-hydroxylation sites is 3. The lowest BCUT2D eigenvalue weighted by molar-refractivity contribution is -0.394. The van der Waals surface area contributed by atoms with Gasteiger partial charge in [-0.15, -0.1) is 0 Å². The molecule has 0 amide bonds. The Morgan fingerprint density at radius 3 is 1.90 bits per heavy atom. The second-order valence-electron chi connectivity index (χ2n) is 6.72. The zero-order valence-corrected chi connectivity index (χ0v) is 15.7. The zero-order chi connectivity index (χ0) is 21.5. The van der Waals surface area contributed by atoms with Crippen molar-refractivity contribution < 1.29 is 9.85 Å². The van der Waals surface area contributed by atoms with E-state index in [1.165, 1.54) is 12.1 Å². The molecule has 5 rings (SSSR count). The molecule has 0 saturated carbocycles. The highest BCUT2D eigenvalue weighted by Crippen LogP contribution is 2.33. The summed E-state index contributed by atoms with van der Waals surface area (Å²) in [6.07, 6.45) is 0. The number of hydrogen-bond acceptors (Lipinski definition) is 7. The van der Waals surface area contributed by atoms with Gasteiger partial charge in [-0.05, 0) is 24.3 Å². The van der Waals surface area contributed by atoms with Gasteiger partial charge < -0.3 is 0 Å². The molecule has 0 unspecified atom stereocenters. The van der Waals surface area contributed by atoms with E-state index in [1.54, 1.807) is 10.6 Å². The van der Waals surface area contributed by atoms with E-state index < -0.39 is 21.2 Å². The monoisotopic (exact) mass is 412 g/mol. The van der Waals surface area contributed by atoms with Crippen molar-refractivity contribution in [2.24, 2.45) is 0 Å². The summed E-state index contributed by atoms with van der Waals surface area (Å²) in [4.78, 5) is 35.2. The Morgan fingerprint density at radius 1 is 0.710 bits per heavy atom. The molecule has 31 heavy (non-hydrogen) atoms. The molecule has 0 aliphatic rings. The fraction of sp³-hybridized carbons (Fsp3) is 0. The lowest BCUT2D eigenvalue weighted by atomic mass is 10.1. The summed E-state index contributed by atoms with van der Waals surface area (Å²) in [7, 11) is 0. The van der Waals surface area contributed by atoms with Gasteiger partial charge in [-0.2, -0.15) is 0 Å². The summed E-state index contributed by atoms with van der Waals surface area (Å²) in [5, 5.41) is 22.8. The maximum Gasteiger partial charge on any atom is 0.277 e. The van der Waals surface area contributed by atoms with Gasteiger partial charge >= 0.3 is 0 Å². The molecule has 10 nitrogen and oxygen atoms in total. The molecule has 0 fully saturated rings. The van der Waals surface area contributed by atoms with Crippen LogP contribution in [0.2, 0.25) is 0 Å². The molecule has 0 bridgehead atoms. The van der Waals surface area contributed by atoms with Crippen LogP contribution in [0, 0.1) is 20.2 Å². The Hall–Kier alpha value is -4.73. The van der Waals surface area contributed by atoms with Crippen molar-refractivity contribution in [3.8, 4) is 17.1 Å². The lowest BCUT2D eigenvalue weighted by Crippen LogP contribution is -2.00. The minimum Gasteiger partial charge on any atom is -0.275 e. The first-order valence-electron chi connectivity index (χ1n) is 9.16. The van der Waals surface area contributed by atoms with E-state index in [4.69, 9.17) is 0 Å². The third-order valence-electron chi connectivity index (χ3n) is 4.77. The Morgan fingerprint density at radius 2 is 1.29 bits per heavy atom. The molecular formula is C21H12N6O4. The van der Waals surface area contributed by atoms with Gasteiger partial charge in [-0.3, -0.25) is 24.8 Å². The highest BCUT2D eigenvalue weighted by Gasteiger charge is 2.23. The molecule has 10 heteroatoms. The molecule has 0 N–H and O–H groups in total. The predicted octanol–water partition coefficient (Wildman–Crippen LogP) is 4.45. The zero-order valence-electron chi connectivity index (χ0n) is 15.7. The van der Waals surface area contributed by atoms with Gasteiger partial charge in [0, 0.05) is 23.4 Å². The smallest absolute Gasteiger partial charge is 0.275 e. The maximum absolute atomic E-state index is 11.4. The first kappa shape index (κ1) is 18.3. The van der Waals surface area contributed by atoms with Crippen LogP contribution in [-0.2, 0) is 0 Å². The van der Waals surface area contributed by atoms with E-state index in [0.29, 0.717) is 28.0 Å². The van der Waals surface area contributed by atoms with Crippen molar-refractivity contribution in [2.75, 3.05) is 0 Å². The van der Waals surface area contributed by atoms with E-state index >= 15 is 0 Å². The molecule has 3 aromatic carbocycles. The van der Waals surface area contributed by atoms with Crippen LogP contribution in [0.5, 0.6) is 0 Å².